The van der Waals surface area contributed by atoms with E-state index in [4.69, 9.17) is 11.6 Å². The molecule has 2 bridgehead atoms. The number of halogens is 1. The van der Waals surface area contributed by atoms with Crippen molar-refractivity contribution in [1.82, 2.24) is 0 Å². The third-order valence-corrected chi connectivity index (χ3v) is 5.66. The highest BCUT2D eigenvalue weighted by atomic mass is 35.5. The molecule has 3 nitrogen and oxygen atoms in total. The van der Waals surface area contributed by atoms with E-state index in [9.17, 15) is 9.00 Å². The largest absolute Gasteiger partial charge is 0.321 e. The Morgan fingerprint density at radius 3 is 2.33 bits per heavy atom. The number of anilines is 1. The molecule has 1 N–H and O–H groups in total. The van der Waals surface area contributed by atoms with Crippen LogP contribution in [0.15, 0.2) is 65.1 Å². The number of rotatable bonds is 2. The van der Waals surface area contributed by atoms with Gasteiger partial charge in [0.2, 0.25) is 0 Å². The number of amides is 1. The predicted octanol–water partition coefficient (Wildman–Crippen LogP) is 4.70. The Bertz CT molecular complexity index is 799. The van der Waals surface area contributed by atoms with Crippen LogP contribution in [0.3, 0.4) is 0 Å². The predicted molar refractivity (Wildman–Crippen MR) is 98.6 cm³/mol. The molecule has 2 aliphatic heterocycles. The van der Waals surface area contributed by atoms with Gasteiger partial charge in [-0.15, -0.1) is 0 Å². The van der Waals surface area contributed by atoms with Crippen LogP contribution in [0.4, 0.5) is 5.69 Å². The Balaban J connectivity index is 0.000000159. The van der Waals surface area contributed by atoms with Crippen LogP contribution in [0, 0.1) is 0 Å². The molecule has 5 heteroatoms. The molecule has 124 valence electrons. The van der Waals surface area contributed by atoms with Crippen LogP contribution in [0.1, 0.15) is 24.8 Å². The first-order chi connectivity index (χ1) is 11.6. The molecule has 2 aromatic carbocycles. The van der Waals surface area contributed by atoms with Crippen LogP contribution in [0.2, 0.25) is 5.02 Å². The van der Waals surface area contributed by atoms with Gasteiger partial charge in [0.25, 0.3) is 5.91 Å². The van der Waals surface area contributed by atoms with Crippen LogP contribution in [-0.4, -0.2) is 10.1 Å². The highest BCUT2D eigenvalue weighted by Gasteiger charge is 2.14. The first-order valence-electron chi connectivity index (χ1n) is 7.86. The Labute approximate surface area is 149 Å². The third-order valence-electron chi connectivity index (χ3n) is 3.94. The molecule has 0 saturated carbocycles. The lowest BCUT2D eigenvalue weighted by atomic mass is 10.2. The van der Waals surface area contributed by atoms with Crippen molar-refractivity contribution in [3.8, 4) is 0 Å². The first kappa shape index (κ1) is 16.9. The van der Waals surface area contributed by atoms with Gasteiger partial charge in [-0.25, -0.2) is 0 Å². The SMILES string of the molecule is O=C(Nc1ccccc1Cl)C1=CCCC1.O=S1Cc2ccc1cc2. The lowest BCUT2D eigenvalue weighted by molar-refractivity contribution is -0.112. The third kappa shape index (κ3) is 4.13. The lowest BCUT2D eigenvalue weighted by Crippen LogP contribution is -2.13. The van der Waals surface area contributed by atoms with Crippen molar-refractivity contribution in [2.24, 2.45) is 0 Å². The number of fused-ring (bicyclic) bond motifs is 3. The summed E-state index contributed by atoms with van der Waals surface area (Å²) in [4.78, 5) is 12.7. The number of carbonyl (C=O) groups is 1. The van der Waals surface area contributed by atoms with E-state index in [0.717, 1.165) is 35.5 Å². The second kappa shape index (κ2) is 7.77. The monoisotopic (exact) mass is 359 g/mol. The summed E-state index contributed by atoms with van der Waals surface area (Å²) in [6.45, 7) is 0. The van der Waals surface area contributed by atoms with Gasteiger partial charge < -0.3 is 5.32 Å². The Morgan fingerprint density at radius 2 is 1.83 bits per heavy atom. The summed E-state index contributed by atoms with van der Waals surface area (Å²) in [6.07, 6.45) is 4.94. The summed E-state index contributed by atoms with van der Waals surface area (Å²) in [5.41, 5.74) is 2.73. The first-order valence-corrected chi connectivity index (χ1v) is 9.55. The van der Waals surface area contributed by atoms with Crippen molar-refractivity contribution in [3.63, 3.8) is 0 Å². The molecule has 24 heavy (non-hydrogen) atoms. The van der Waals surface area contributed by atoms with E-state index in [1.54, 1.807) is 12.1 Å². The smallest absolute Gasteiger partial charge is 0.251 e. The van der Waals surface area contributed by atoms with E-state index in [1.807, 2.05) is 42.5 Å². The van der Waals surface area contributed by atoms with Crippen LogP contribution < -0.4 is 5.32 Å². The van der Waals surface area contributed by atoms with Gasteiger partial charge in [0.1, 0.15) is 0 Å². The van der Waals surface area contributed by atoms with E-state index >= 15 is 0 Å². The summed E-state index contributed by atoms with van der Waals surface area (Å²) >= 11 is 5.94. The molecule has 2 heterocycles. The molecule has 2 aromatic rings. The van der Waals surface area contributed by atoms with Gasteiger partial charge in [-0.05, 0) is 49.1 Å². The number of carbonyl (C=O) groups excluding carboxylic acids is 1. The minimum absolute atomic E-state index is 0.0272. The van der Waals surface area contributed by atoms with Crippen LogP contribution >= 0.6 is 11.6 Å². The fourth-order valence-electron chi connectivity index (χ4n) is 2.61. The van der Waals surface area contributed by atoms with Crippen molar-refractivity contribution in [2.45, 2.75) is 29.9 Å². The minimum Gasteiger partial charge on any atom is -0.321 e. The van der Waals surface area contributed by atoms with Gasteiger partial charge in [0.05, 0.1) is 27.3 Å². The van der Waals surface area contributed by atoms with E-state index in [2.05, 4.69) is 5.32 Å². The lowest BCUT2D eigenvalue weighted by Gasteiger charge is -2.09. The van der Waals surface area contributed by atoms with Gasteiger partial charge in [0, 0.05) is 10.5 Å². The molecule has 1 unspecified atom stereocenters. The zero-order valence-corrected chi connectivity index (χ0v) is 14.7. The maximum atomic E-state index is 11.7. The quantitative estimate of drug-likeness (QED) is 0.845. The average molecular weight is 360 g/mol. The molecule has 1 atom stereocenters. The van der Waals surface area contributed by atoms with Crippen molar-refractivity contribution in [3.05, 3.63) is 70.8 Å². The van der Waals surface area contributed by atoms with Gasteiger partial charge in [-0.1, -0.05) is 41.9 Å². The van der Waals surface area contributed by atoms with E-state index in [1.165, 1.54) is 5.56 Å². The topological polar surface area (TPSA) is 46.2 Å². The number of benzene rings is 2. The highest BCUT2D eigenvalue weighted by Crippen LogP contribution is 2.23. The normalized spacial score (nSPS) is 17.7. The average Bonchev–Trinajstić information content (AvgIpc) is 3.13. The van der Waals surface area contributed by atoms with Gasteiger partial charge in [-0.3, -0.25) is 9.00 Å². The molecule has 0 radical (unpaired) electrons. The van der Waals surface area contributed by atoms with Crippen LogP contribution in [0.5, 0.6) is 0 Å². The van der Waals surface area contributed by atoms with E-state index in [0.29, 0.717) is 10.7 Å². The van der Waals surface area contributed by atoms with Crippen LogP contribution in [0.25, 0.3) is 0 Å². The molecule has 0 saturated heterocycles. The van der Waals surface area contributed by atoms with Crippen molar-refractivity contribution in [1.29, 1.82) is 0 Å². The Hall–Kier alpha value is -1.91. The minimum atomic E-state index is -0.722. The molecular formula is C19H18ClNO2S. The molecule has 3 aliphatic rings. The summed E-state index contributed by atoms with van der Waals surface area (Å²) < 4.78 is 11.0. The summed E-state index contributed by atoms with van der Waals surface area (Å²) in [5, 5.41) is 3.39. The Kier molecular flexibility index (Phi) is 5.48. The van der Waals surface area contributed by atoms with Crippen molar-refractivity contribution in [2.75, 3.05) is 5.32 Å². The molecule has 1 amide bonds. The van der Waals surface area contributed by atoms with E-state index in [-0.39, 0.29) is 5.91 Å². The van der Waals surface area contributed by atoms with Gasteiger partial charge in [0.15, 0.2) is 0 Å². The standard InChI is InChI=1S/C12H12ClNO.C7H6OS/c13-10-7-3-4-8-11(10)14-12(15)9-5-1-2-6-9;8-9-5-6-1-3-7(9)4-2-6/h3-5,7-8H,1-2,6H2,(H,14,15);1-4H,5H2. The number of para-hydroxylation sites is 1. The summed E-state index contributed by atoms with van der Waals surface area (Å²) in [6, 6.07) is 15.2. The number of hydrogen-bond donors (Lipinski definition) is 1. The number of allylic oxidation sites excluding steroid dienone is 1. The van der Waals surface area contributed by atoms with Crippen molar-refractivity contribution < 1.29 is 9.00 Å². The maximum Gasteiger partial charge on any atom is 0.251 e. The van der Waals surface area contributed by atoms with E-state index < -0.39 is 10.8 Å². The van der Waals surface area contributed by atoms with Crippen LogP contribution in [-0.2, 0) is 21.3 Å². The molecule has 5 rings (SSSR count). The van der Waals surface area contributed by atoms with Gasteiger partial charge >= 0.3 is 0 Å². The number of hydrogen-bond acceptors (Lipinski definition) is 2. The summed E-state index contributed by atoms with van der Waals surface area (Å²) in [5.74, 6) is 0.697. The molecule has 0 spiro atoms. The molecular weight excluding hydrogens is 342 g/mol. The second-order valence-corrected chi connectivity index (χ2v) is 7.55. The highest BCUT2D eigenvalue weighted by molar-refractivity contribution is 7.84. The molecule has 0 fully saturated rings. The number of nitrogens with one attached hydrogen (secondary N) is 1. The molecule has 1 aliphatic carbocycles. The molecule has 0 aromatic heterocycles. The maximum absolute atomic E-state index is 11.7. The fraction of sp³-hybridized carbons (Fsp3) is 0.211. The zero-order chi connectivity index (χ0) is 16.9. The Morgan fingerprint density at radius 1 is 1.08 bits per heavy atom. The van der Waals surface area contributed by atoms with Crippen molar-refractivity contribution >= 4 is 34.0 Å². The summed E-state index contributed by atoms with van der Waals surface area (Å²) in [7, 11) is -0.722. The fourth-order valence-corrected chi connectivity index (χ4v) is 3.90. The van der Waals surface area contributed by atoms with Gasteiger partial charge in [-0.2, -0.15) is 0 Å². The zero-order valence-electron chi connectivity index (χ0n) is 13.1. The second-order valence-electron chi connectivity index (χ2n) is 5.69.